The number of thiazole rings is 1. The summed E-state index contributed by atoms with van der Waals surface area (Å²) < 4.78 is 1.11. The van der Waals surface area contributed by atoms with E-state index < -0.39 is 0 Å². The molecule has 4 nitrogen and oxygen atoms in total. The van der Waals surface area contributed by atoms with Gasteiger partial charge in [-0.2, -0.15) is 0 Å². The van der Waals surface area contributed by atoms with Gasteiger partial charge in [-0.15, -0.1) is 0 Å². The number of hydrogen-bond acceptors (Lipinski definition) is 4. The van der Waals surface area contributed by atoms with Crippen molar-refractivity contribution in [3.63, 3.8) is 0 Å². The lowest BCUT2D eigenvalue weighted by Crippen LogP contribution is -2.33. The first kappa shape index (κ1) is 19.8. The normalized spacial score (nSPS) is 11.3. The fraction of sp³-hybridized carbons (Fsp3) is 0.333. The maximum Gasteiger partial charge on any atom is 0.260 e. The monoisotopic (exact) mass is 401 g/mol. The topological polar surface area (TPSA) is 36.4 Å². The zero-order chi connectivity index (χ0) is 19.6. The molecule has 0 aliphatic carbocycles. The molecule has 0 spiro atoms. The smallest absolute Gasteiger partial charge is 0.260 e. The van der Waals surface area contributed by atoms with E-state index in [-0.39, 0.29) is 5.91 Å². The van der Waals surface area contributed by atoms with Crippen LogP contribution in [0, 0.1) is 13.8 Å². The summed E-state index contributed by atoms with van der Waals surface area (Å²) in [5, 5.41) is 1.37. The van der Waals surface area contributed by atoms with Crippen molar-refractivity contribution >= 4 is 44.2 Å². The largest absolute Gasteiger partial charge is 0.309 e. The summed E-state index contributed by atoms with van der Waals surface area (Å²) in [6, 6.07) is 11.3. The lowest BCUT2D eigenvalue weighted by Gasteiger charge is -2.21. The average Bonchev–Trinajstić information content (AvgIpc) is 3.02. The predicted octanol–water partition coefficient (Wildman–Crippen LogP) is 5.17. The SMILES string of the molecule is Cc1cc(C)c2nc(N(CCCN(C)C)C(=O)c3ccc(Cl)cc3)sc2c1. The Morgan fingerprint density at radius 1 is 1.11 bits per heavy atom. The molecule has 3 aromatic rings. The van der Waals surface area contributed by atoms with Crippen LogP contribution >= 0.6 is 22.9 Å². The van der Waals surface area contributed by atoms with Gasteiger partial charge in [0.15, 0.2) is 5.13 Å². The highest BCUT2D eigenvalue weighted by Crippen LogP contribution is 2.32. The number of benzene rings is 2. The Hall–Kier alpha value is -1.95. The van der Waals surface area contributed by atoms with E-state index in [0.717, 1.165) is 33.9 Å². The zero-order valence-electron chi connectivity index (χ0n) is 16.1. The molecular weight excluding hydrogens is 378 g/mol. The van der Waals surface area contributed by atoms with Crippen LogP contribution < -0.4 is 4.90 Å². The highest BCUT2D eigenvalue weighted by molar-refractivity contribution is 7.22. The summed E-state index contributed by atoms with van der Waals surface area (Å²) in [6.07, 6.45) is 0.875. The average molecular weight is 402 g/mol. The molecule has 0 saturated heterocycles. The van der Waals surface area contributed by atoms with Gasteiger partial charge in [0.2, 0.25) is 0 Å². The third kappa shape index (κ3) is 4.67. The van der Waals surface area contributed by atoms with Gasteiger partial charge in [-0.05, 0) is 82.4 Å². The molecule has 0 saturated carbocycles. The molecule has 0 bridgehead atoms. The van der Waals surface area contributed by atoms with Crippen molar-refractivity contribution in [1.29, 1.82) is 0 Å². The minimum absolute atomic E-state index is 0.0427. The van der Waals surface area contributed by atoms with Gasteiger partial charge in [0.1, 0.15) is 0 Å². The Labute approximate surface area is 169 Å². The van der Waals surface area contributed by atoms with Crippen molar-refractivity contribution in [2.45, 2.75) is 20.3 Å². The Kier molecular flexibility index (Phi) is 6.15. The summed E-state index contributed by atoms with van der Waals surface area (Å²) in [5.74, 6) is -0.0427. The number of halogens is 1. The Morgan fingerprint density at radius 3 is 2.48 bits per heavy atom. The van der Waals surface area contributed by atoms with Crippen LogP contribution in [-0.2, 0) is 0 Å². The molecule has 1 aromatic heterocycles. The second-order valence-electron chi connectivity index (χ2n) is 7.05. The second kappa shape index (κ2) is 8.38. The number of anilines is 1. The first-order chi connectivity index (χ1) is 12.8. The van der Waals surface area contributed by atoms with E-state index in [1.54, 1.807) is 40.5 Å². The number of hydrogen-bond donors (Lipinski definition) is 0. The number of rotatable bonds is 6. The van der Waals surface area contributed by atoms with Crippen LogP contribution in [0.4, 0.5) is 5.13 Å². The summed E-state index contributed by atoms with van der Waals surface area (Å²) >= 11 is 7.55. The number of amides is 1. The molecule has 0 fully saturated rings. The number of carbonyl (C=O) groups is 1. The van der Waals surface area contributed by atoms with Crippen molar-refractivity contribution in [3.8, 4) is 0 Å². The second-order valence-corrected chi connectivity index (χ2v) is 8.49. The van der Waals surface area contributed by atoms with Gasteiger partial charge in [-0.1, -0.05) is 29.0 Å². The molecule has 6 heteroatoms. The molecule has 27 heavy (non-hydrogen) atoms. The molecule has 0 aliphatic rings. The first-order valence-corrected chi connectivity index (χ1v) is 10.1. The van der Waals surface area contributed by atoms with E-state index >= 15 is 0 Å². The lowest BCUT2D eigenvalue weighted by atomic mass is 10.1. The fourth-order valence-corrected chi connectivity index (χ4v) is 4.34. The molecule has 1 amide bonds. The van der Waals surface area contributed by atoms with Crippen LogP contribution in [-0.4, -0.2) is 43.0 Å². The first-order valence-electron chi connectivity index (χ1n) is 8.95. The van der Waals surface area contributed by atoms with Crippen molar-refractivity contribution in [2.75, 3.05) is 32.1 Å². The van der Waals surface area contributed by atoms with Gasteiger partial charge in [0.25, 0.3) is 5.91 Å². The minimum Gasteiger partial charge on any atom is -0.309 e. The summed E-state index contributed by atoms with van der Waals surface area (Å²) in [6.45, 7) is 5.68. The van der Waals surface area contributed by atoms with Crippen LogP contribution in [0.1, 0.15) is 27.9 Å². The van der Waals surface area contributed by atoms with Crippen LogP contribution in [0.3, 0.4) is 0 Å². The molecule has 0 N–H and O–H groups in total. The highest BCUT2D eigenvalue weighted by Gasteiger charge is 2.21. The van der Waals surface area contributed by atoms with Crippen LogP contribution in [0.25, 0.3) is 10.2 Å². The van der Waals surface area contributed by atoms with E-state index in [0.29, 0.717) is 17.1 Å². The summed E-state index contributed by atoms with van der Waals surface area (Å²) in [4.78, 5) is 21.9. The molecule has 3 rings (SSSR count). The highest BCUT2D eigenvalue weighted by atomic mass is 35.5. The van der Waals surface area contributed by atoms with Crippen molar-refractivity contribution < 1.29 is 4.79 Å². The Morgan fingerprint density at radius 2 is 1.81 bits per heavy atom. The number of aromatic nitrogens is 1. The van der Waals surface area contributed by atoms with E-state index in [2.05, 4.69) is 30.9 Å². The van der Waals surface area contributed by atoms with E-state index in [4.69, 9.17) is 16.6 Å². The van der Waals surface area contributed by atoms with Crippen LogP contribution in [0.2, 0.25) is 5.02 Å². The minimum atomic E-state index is -0.0427. The van der Waals surface area contributed by atoms with Gasteiger partial charge in [0, 0.05) is 17.1 Å². The van der Waals surface area contributed by atoms with Crippen molar-refractivity contribution in [3.05, 3.63) is 58.1 Å². The third-order valence-electron chi connectivity index (χ3n) is 4.37. The standard InChI is InChI=1S/C21H24ClN3OS/c1-14-12-15(2)19-18(13-14)27-21(23-19)25(11-5-10-24(3)4)20(26)16-6-8-17(22)9-7-16/h6-9,12-13H,5,10-11H2,1-4H3. The molecule has 1 heterocycles. The van der Waals surface area contributed by atoms with E-state index in [9.17, 15) is 4.79 Å². The van der Waals surface area contributed by atoms with Gasteiger partial charge >= 0.3 is 0 Å². The lowest BCUT2D eigenvalue weighted by molar-refractivity contribution is 0.0986. The zero-order valence-corrected chi connectivity index (χ0v) is 17.7. The molecule has 0 atom stereocenters. The Balaban J connectivity index is 1.97. The summed E-state index contributed by atoms with van der Waals surface area (Å²) in [7, 11) is 4.07. The molecule has 142 valence electrons. The van der Waals surface area contributed by atoms with Gasteiger partial charge in [-0.3, -0.25) is 9.69 Å². The number of fused-ring (bicyclic) bond motifs is 1. The number of carbonyl (C=O) groups excluding carboxylic acids is 1. The maximum atomic E-state index is 13.2. The van der Waals surface area contributed by atoms with Gasteiger partial charge in [-0.25, -0.2) is 4.98 Å². The van der Waals surface area contributed by atoms with Crippen LogP contribution in [0.15, 0.2) is 36.4 Å². The molecule has 0 unspecified atom stereocenters. The van der Waals surface area contributed by atoms with Gasteiger partial charge < -0.3 is 4.90 Å². The van der Waals surface area contributed by atoms with Crippen molar-refractivity contribution in [1.82, 2.24) is 9.88 Å². The molecule has 0 radical (unpaired) electrons. The predicted molar refractivity (Wildman–Crippen MR) is 115 cm³/mol. The quantitative estimate of drug-likeness (QED) is 0.572. The third-order valence-corrected chi connectivity index (χ3v) is 5.65. The fourth-order valence-electron chi connectivity index (χ4n) is 3.05. The van der Waals surface area contributed by atoms with Crippen LogP contribution in [0.5, 0.6) is 0 Å². The van der Waals surface area contributed by atoms with Crippen molar-refractivity contribution in [2.24, 2.45) is 0 Å². The van der Waals surface area contributed by atoms with Gasteiger partial charge in [0.05, 0.1) is 10.2 Å². The number of aryl methyl sites for hydroxylation is 2. The molecule has 2 aromatic carbocycles. The maximum absolute atomic E-state index is 13.2. The number of nitrogens with zero attached hydrogens (tertiary/aromatic N) is 3. The molecule has 0 aliphatic heterocycles. The Bertz CT molecular complexity index is 950. The summed E-state index contributed by atoms with van der Waals surface area (Å²) in [5.41, 5.74) is 3.94. The molecular formula is C21H24ClN3OS. The van der Waals surface area contributed by atoms with E-state index in [1.165, 1.54) is 5.56 Å². The van der Waals surface area contributed by atoms with E-state index in [1.807, 2.05) is 14.1 Å².